The number of hydrogen-bond donors (Lipinski definition) is 2. The first-order chi connectivity index (χ1) is 10.5. The van der Waals surface area contributed by atoms with Crippen LogP contribution < -0.4 is 4.90 Å². The van der Waals surface area contributed by atoms with E-state index in [1.165, 1.54) is 4.90 Å². The van der Waals surface area contributed by atoms with E-state index < -0.39 is 6.10 Å². The number of amides is 1. The third-order valence-corrected chi connectivity index (χ3v) is 3.75. The van der Waals surface area contributed by atoms with Crippen LogP contribution in [0.4, 0.5) is 5.82 Å². The van der Waals surface area contributed by atoms with E-state index in [4.69, 9.17) is 0 Å². The fourth-order valence-corrected chi connectivity index (χ4v) is 2.79. The van der Waals surface area contributed by atoms with Crippen LogP contribution in [0.15, 0.2) is 24.3 Å². The average Bonchev–Trinajstić information content (AvgIpc) is 2.77. The molecule has 2 heterocycles. The normalized spacial score (nSPS) is 18.0. The number of benzene rings is 1. The van der Waals surface area contributed by atoms with Crippen molar-refractivity contribution in [3.8, 4) is 17.0 Å². The Bertz CT molecular complexity index is 705. The van der Waals surface area contributed by atoms with Gasteiger partial charge in [0, 0.05) is 5.56 Å². The first kappa shape index (κ1) is 14.5. The van der Waals surface area contributed by atoms with E-state index in [2.05, 4.69) is 10.2 Å². The van der Waals surface area contributed by atoms with Gasteiger partial charge in [0.25, 0.3) is 0 Å². The quantitative estimate of drug-likeness (QED) is 0.879. The molecule has 0 spiro atoms. The number of β-amino-alcohol motifs (C(OH)–C–C–N with tert-alkyl or cyclic N) is 1. The second kappa shape index (κ2) is 5.38. The van der Waals surface area contributed by atoms with E-state index in [-0.39, 0.29) is 24.6 Å². The van der Waals surface area contributed by atoms with Gasteiger partial charge < -0.3 is 10.2 Å². The summed E-state index contributed by atoms with van der Waals surface area (Å²) in [4.78, 5) is 13.2. The Morgan fingerprint density at radius 2 is 2.00 bits per heavy atom. The lowest BCUT2D eigenvalue weighted by molar-refractivity contribution is -0.117. The highest BCUT2D eigenvalue weighted by Crippen LogP contribution is 2.32. The van der Waals surface area contributed by atoms with Gasteiger partial charge in [-0.05, 0) is 43.2 Å². The summed E-state index contributed by atoms with van der Waals surface area (Å²) in [5, 5.41) is 27.8. The maximum absolute atomic E-state index is 11.7. The van der Waals surface area contributed by atoms with Gasteiger partial charge in [0.2, 0.25) is 5.91 Å². The van der Waals surface area contributed by atoms with E-state index in [0.717, 1.165) is 11.1 Å². The summed E-state index contributed by atoms with van der Waals surface area (Å²) in [6, 6.07) is 7.04. The molecule has 1 fully saturated rings. The first-order valence-corrected chi connectivity index (χ1v) is 7.08. The maximum atomic E-state index is 11.7. The van der Waals surface area contributed by atoms with E-state index >= 15 is 0 Å². The van der Waals surface area contributed by atoms with Gasteiger partial charge in [-0.1, -0.05) is 6.07 Å². The number of nitrogens with zero attached hydrogens (tertiary/aromatic N) is 3. The number of aliphatic hydroxyl groups is 1. The molecule has 0 bridgehead atoms. The van der Waals surface area contributed by atoms with Gasteiger partial charge >= 0.3 is 0 Å². The molecule has 6 heteroatoms. The Kier molecular flexibility index (Phi) is 3.54. The molecule has 2 N–H and O–H groups in total. The monoisotopic (exact) mass is 299 g/mol. The molecule has 22 heavy (non-hydrogen) atoms. The second-order valence-electron chi connectivity index (χ2n) is 5.62. The third kappa shape index (κ3) is 2.53. The SMILES string of the molecule is Cc1cc(C)c(-c2ccc(N3C[C@@H](O)CC3=O)nn2)c(O)c1. The van der Waals surface area contributed by atoms with E-state index in [9.17, 15) is 15.0 Å². The Morgan fingerprint density at radius 3 is 2.55 bits per heavy atom. The second-order valence-corrected chi connectivity index (χ2v) is 5.62. The number of anilines is 1. The van der Waals surface area contributed by atoms with Crippen LogP contribution in [0.25, 0.3) is 11.3 Å². The van der Waals surface area contributed by atoms with Gasteiger partial charge in [0.1, 0.15) is 5.75 Å². The number of phenols is 1. The highest BCUT2D eigenvalue weighted by atomic mass is 16.3. The van der Waals surface area contributed by atoms with Crippen molar-refractivity contribution in [3.05, 3.63) is 35.4 Å². The summed E-state index contributed by atoms with van der Waals surface area (Å²) in [6.07, 6.45) is -0.543. The number of aryl methyl sites for hydroxylation is 2. The number of hydrogen-bond acceptors (Lipinski definition) is 5. The lowest BCUT2D eigenvalue weighted by atomic mass is 10.0. The molecular formula is C16H17N3O3. The predicted molar refractivity (Wildman–Crippen MR) is 81.6 cm³/mol. The Morgan fingerprint density at radius 1 is 1.23 bits per heavy atom. The Hall–Kier alpha value is -2.47. The Labute approximate surface area is 128 Å². The molecule has 0 saturated carbocycles. The van der Waals surface area contributed by atoms with Gasteiger partial charge in [0.15, 0.2) is 5.82 Å². The van der Waals surface area contributed by atoms with Crippen molar-refractivity contribution in [2.75, 3.05) is 11.4 Å². The number of aromatic hydroxyl groups is 1. The highest BCUT2D eigenvalue weighted by Gasteiger charge is 2.30. The number of rotatable bonds is 2. The third-order valence-electron chi connectivity index (χ3n) is 3.75. The number of carbonyl (C=O) groups excluding carboxylic acids is 1. The summed E-state index contributed by atoms with van der Waals surface area (Å²) in [6.45, 7) is 4.05. The van der Waals surface area contributed by atoms with Crippen molar-refractivity contribution in [1.29, 1.82) is 0 Å². The lowest BCUT2D eigenvalue weighted by Gasteiger charge is -2.14. The molecule has 1 amide bonds. The van der Waals surface area contributed by atoms with Crippen molar-refractivity contribution >= 4 is 11.7 Å². The van der Waals surface area contributed by atoms with Crippen molar-refractivity contribution in [2.45, 2.75) is 26.4 Å². The van der Waals surface area contributed by atoms with Crippen LogP contribution in [0, 0.1) is 13.8 Å². The van der Waals surface area contributed by atoms with Crippen molar-refractivity contribution in [3.63, 3.8) is 0 Å². The van der Waals surface area contributed by atoms with Gasteiger partial charge in [-0.15, -0.1) is 10.2 Å². The minimum absolute atomic E-state index is 0.112. The summed E-state index contributed by atoms with van der Waals surface area (Å²) in [7, 11) is 0. The van der Waals surface area contributed by atoms with Crippen LogP contribution in [0.5, 0.6) is 5.75 Å². The molecule has 0 aliphatic carbocycles. The zero-order chi connectivity index (χ0) is 15.9. The minimum Gasteiger partial charge on any atom is -0.507 e. The summed E-state index contributed by atoms with van der Waals surface area (Å²) < 4.78 is 0. The maximum Gasteiger partial charge on any atom is 0.230 e. The highest BCUT2D eigenvalue weighted by molar-refractivity contribution is 5.95. The van der Waals surface area contributed by atoms with Crippen molar-refractivity contribution in [1.82, 2.24) is 10.2 Å². The van der Waals surface area contributed by atoms with Crippen LogP contribution in [-0.4, -0.2) is 39.0 Å². The molecule has 1 aromatic carbocycles. The number of carbonyl (C=O) groups is 1. The van der Waals surface area contributed by atoms with Gasteiger partial charge in [0.05, 0.1) is 24.8 Å². The molecule has 2 aromatic rings. The molecule has 3 rings (SSSR count). The number of aliphatic hydroxyl groups excluding tert-OH is 1. The molecule has 1 saturated heterocycles. The molecular weight excluding hydrogens is 282 g/mol. The van der Waals surface area contributed by atoms with Gasteiger partial charge in [-0.2, -0.15) is 0 Å². The topological polar surface area (TPSA) is 86.5 Å². The van der Waals surface area contributed by atoms with Crippen LogP contribution >= 0.6 is 0 Å². The van der Waals surface area contributed by atoms with E-state index in [0.29, 0.717) is 17.1 Å². The molecule has 1 aliphatic rings. The summed E-state index contributed by atoms with van der Waals surface area (Å²) >= 11 is 0. The van der Waals surface area contributed by atoms with E-state index in [1.807, 2.05) is 19.9 Å². The van der Waals surface area contributed by atoms with Crippen molar-refractivity contribution < 1.29 is 15.0 Å². The number of aromatic nitrogens is 2. The molecule has 114 valence electrons. The molecule has 0 unspecified atom stereocenters. The molecule has 6 nitrogen and oxygen atoms in total. The molecule has 1 aliphatic heterocycles. The van der Waals surface area contributed by atoms with Crippen LogP contribution in [0.2, 0.25) is 0 Å². The van der Waals surface area contributed by atoms with Crippen molar-refractivity contribution in [2.24, 2.45) is 0 Å². The standard InChI is InChI=1S/C16H17N3O3/c1-9-5-10(2)16(13(21)6-9)12-3-4-14(18-17-12)19-8-11(20)7-15(19)22/h3-6,11,20-21H,7-8H2,1-2H3/t11-/m0/s1. The van der Waals surface area contributed by atoms with Gasteiger partial charge in [-0.25, -0.2) is 0 Å². The molecule has 0 radical (unpaired) electrons. The van der Waals surface area contributed by atoms with Crippen LogP contribution in [-0.2, 0) is 4.79 Å². The average molecular weight is 299 g/mol. The first-order valence-electron chi connectivity index (χ1n) is 7.08. The zero-order valence-corrected chi connectivity index (χ0v) is 12.4. The number of phenolic OH excluding ortho intramolecular Hbond substituents is 1. The van der Waals surface area contributed by atoms with Crippen LogP contribution in [0.1, 0.15) is 17.5 Å². The van der Waals surface area contributed by atoms with Gasteiger partial charge in [-0.3, -0.25) is 9.69 Å². The predicted octanol–water partition coefficient (Wildman–Crippen LogP) is 1.56. The summed E-state index contributed by atoms with van der Waals surface area (Å²) in [5.74, 6) is 0.408. The van der Waals surface area contributed by atoms with E-state index in [1.54, 1.807) is 18.2 Å². The molecule has 1 aromatic heterocycles. The lowest BCUT2D eigenvalue weighted by Crippen LogP contribution is -2.26. The fraction of sp³-hybridized carbons (Fsp3) is 0.312. The zero-order valence-electron chi connectivity index (χ0n) is 12.4. The smallest absolute Gasteiger partial charge is 0.230 e. The van der Waals surface area contributed by atoms with Crippen LogP contribution in [0.3, 0.4) is 0 Å². The minimum atomic E-state index is -0.655. The summed E-state index contributed by atoms with van der Waals surface area (Å²) in [5.41, 5.74) is 3.07. The largest absolute Gasteiger partial charge is 0.507 e. The Balaban J connectivity index is 1.94. The molecule has 1 atom stereocenters. The fourth-order valence-electron chi connectivity index (χ4n) is 2.79.